The summed E-state index contributed by atoms with van der Waals surface area (Å²) >= 11 is 0. The Bertz CT molecular complexity index is 659. The third-order valence-corrected chi connectivity index (χ3v) is 4.14. The van der Waals surface area contributed by atoms with Crippen LogP contribution in [0.3, 0.4) is 0 Å². The molecule has 1 rings (SSSR count). The van der Waals surface area contributed by atoms with Crippen molar-refractivity contribution in [2.24, 2.45) is 11.8 Å². The molecule has 3 atom stereocenters. The van der Waals surface area contributed by atoms with Crippen molar-refractivity contribution in [3.63, 3.8) is 0 Å². The lowest BCUT2D eigenvalue weighted by Gasteiger charge is -2.37. The summed E-state index contributed by atoms with van der Waals surface area (Å²) in [5.74, 6) is -3.07. The Morgan fingerprint density at radius 1 is 1.15 bits per heavy atom. The molecular weight excluding hydrogens is 356 g/mol. The molecule has 1 aliphatic carbocycles. The molecular formula is C19H26O8. The monoisotopic (exact) mass is 382 g/mol. The number of Topliss-reactive ketones (excluding diaryl/α,β-unsaturated/α-hetero) is 1. The SMILES string of the molecule is CC(=O)OC/C=C(\C)C(=O)O[C@@H]1C(=O)C(CO)=C[C@@H](OC(C)=O)[C@H]1C(C)C. The molecule has 0 radical (unpaired) electrons. The lowest BCUT2D eigenvalue weighted by molar-refractivity contribution is -0.164. The highest BCUT2D eigenvalue weighted by atomic mass is 16.6. The fourth-order valence-corrected chi connectivity index (χ4v) is 2.79. The molecule has 0 fully saturated rings. The predicted molar refractivity (Wildman–Crippen MR) is 94.3 cm³/mol. The van der Waals surface area contributed by atoms with E-state index < -0.39 is 48.4 Å². The van der Waals surface area contributed by atoms with Gasteiger partial charge in [0, 0.05) is 30.9 Å². The first-order valence-corrected chi connectivity index (χ1v) is 8.62. The molecule has 0 aliphatic heterocycles. The van der Waals surface area contributed by atoms with Crippen LogP contribution in [0, 0.1) is 11.8 Å². The van der Waals surface area contributed by atoms with Crippen LogP contribution in [0.1, 0.15) is 34.6 Å². The average Bonchev–Trinajstić information content (AvgIpc) is 2.55. The Morgan fingerprint density at radius 2 is 1.78 bits per heavy atom. The van der Waals surface area contributed by atoms with Crippen molar-refractivity contribution in [3.05, 3.63) is 23.3 Å². The van der Waals surface area contributed by atoms with E-state index in [1.165, 1.54) is 32.9 Å². The standard InChI is InChI=1S/C19H26O8/c1-10(2)16-15(26-13(5)22)8-14(9-20)17(23)18(16)27-19(24)11(3)6-7-25-12(4)21/h6,8,10,15-16,18,20H,7,9H2,1-5H3/b11-6+/t15-,16-,18+/m1/s1. The van der Waals surface area contributed by atoms with Crippen LogP contribution in [-0.4, -0.2) is 54.2 Å². The molecule has 8 heteroatoms. The minimum Gasteiger partial charge on any atom is -0.462 e. The first-order chi connectivity index (χ1) is 12.6. The highest BCUT2D eigenvalue weighted by Gasteiger charge is 2.44. The second kappa shape index (κ2) is 10.0. The van der Waals surface area contributed by atoms with Crippen LogP contribution >= 0.6 is 0 Å². The molecule has 0 saturated heterocycles. The number of aliphatic hydroxyl groups excluding tert-OH is 1. The van der Waals surface area contributed by atoms with Crippen molar-refractivity contribution in [3.8, 4) is 0 Å². The molecule has 0 heterocycles. The predicted octanol–water partition coefficient (Wildman–Crippen LogP) is 1.11. The molecule has 1 N–H and O–H groups in total. The van der Waals surface area contributed by atoms with Crippen molar-refractivity contribution >= 4 is 23.7 Å². The zero-order chi connectivity index (χ0) is 20.7. The molecule has 27 heavy (non-hydrogen) atoms. The van der Waals surface area contributed by atoms with E-state index >= 15 is 0 Å². The summed E-state index contributed by atoms with van der Waals surface area (Å²) in [6, 6.07) is 0. The molecule has 0 aromatic rings. The van der Waals surface area contributed by atoms with E-state index in [1.54, 1.807) is 0 Å². The first-order valence-electron chi connectivity index (χ1n) is 8.62. The van der Waals surface area contributed by atoms with Crippen molar-refractivity contribution in [2.45, 2.75) is 46.8 Å². The Labute approximate surface area is 158 Å². The third kappa shape index (κ3) is 6.32. The van der Waals surface area contributed by atoms with Gasteiger partial charge in [0.1, 0.15) is 12.7 Å². The zero-order valence-electron chi connectivity index (χ0n) is 16.2. The van der Waals surface area contributed by atoms with Crippen LogP contribution in [0.15, 0.2) is 23.3 Å². The van der Waals surface area contributed by atoms with Crippen LogP contribution in [0.2, 0.25) is 0 Å². The minimum absolute atomic E-state index is 0.0255. The molecule has 8 nitrogen and oxygen atoms in total. The summed E-state index contributed by atoms with van der Waals surface area (Å²) in [5, 5.41) is 9.44. The molecule has 1 aliphatic rings. The molecule has 0 aromatic carbocycles. The van der Waals surface area contributed by atoms with Gasteiger partial charge in [-0.3, -0.25) is 14.4 Å². The smallest absolute Gasteiger partial charge is 0.334 e. The van der Waals surface area contributed by atoms with Crippen LogP contribution in [0.5, 0.6) is 0 Å². The number of hydrogen-bond acceptors (Lipinski definition) is 8. The van der Waals surface area contributed by atoms with Gasteiger partial charge in [-0.2, -0.15) is 0 Å². The van der Waals surface area contributed by atoms with E-state index in [1.807, 2.05) is 13.8 Å². The van der Waals surface area contributed by atoms with E-state index in [4.69, 9.17) is 14.2 Å². The van der Waals surface area contributed by atoms with Gasteiger partial charge in [-0.05, 0) is 25.0 Å². The van der Waals surface area contributed by atoms with Crippen molar-refractivity contribution in [2.75, 3.05) is 13.2 Å². The van der Waals surface area contributed by atoms with Gasteiger partial charge in [0.15, 0.2) is 6.10 Å². The van der Waals surface area contributed by atoms with E-state index in [2.05, 4.69) is 0 Å². The van der Waals surface area contributed by atoms with Gasteiger partial charge in [-0.25, -0.2) is 4.79 Å². The molecule has 0 amide bonds. The van der Waals surface area contributed by atoms with Crippen LogP contribution < -0.4 is 0 Å². The fourth-order valence-electron chi connectivity index (χ4n) is 2.79. The average molecular weight is 382 g/mol. The molecule has 0 aromatic heterocycles. The third-order valence-electron chi connectivity index (χ3n) is 4.14. The van der Waals surface area contributed by atoms with Crippen LogP contribution in [-0.2, 0) is 33.4 Å². The maximum absolute atomic E-state index is 12.6. The molecule has 0 saturated carbocycles. The fraction of sp³-hybridized carbons (Fsp3) is 0.579. The highest BCUT2D eigenvalue weighted by molar-refractivity contribution is 6.02. The summed E-state index contributed by atoms with van der Waals surface area (Å²) in [4.78, 5) is 47.2. The maximum atomic E-state index is 12.6. The van der Waals surface area contributed by atoms with Crippen molar-refractivity contribution in [1.29, 1.82) is 0 Å². The molecule has 150 valence electrons. The number of rotatable bonds is 7. The molecule has 0 bridgehead atoms. The Hall–Kier alpha value is -2.48. The normalized spacial score (nSPS) is 22.9. The van der Waals surface area contributed by atoms with E-state index in [0.717, 1.165) is 0 Å². The van der Waals surface area contributed by atoms with Crippen molar-refractivity contribution < 1.29 is 38.5 Å². The minimum atomic E-state index is -1.20. The lowest BCUT2D eigenvalue weighted by atomic mass is 9.77. The van der Waals surface area contributed by atoms with Crippen molar-refractivity contribution in [1.82, 2.24) is 0 Å². The number of aliphatic hydroxyl groups is 1. The summed E-state index contributed by atoms with van der Waals surface area (Å²) in [7, 11) is 0. The Balaban J connectivity index is 3.08. The highest BCUT2D eigenvalue weighted by Crippen LogP contribution is 2.32. The molecule has 0 spiro atoms. The second-order valence-corrected chi connectivity index (χ2v) is 6.63. The number of ether oxygens (including phenoxy) is 3. The Morgan fingerprint density at radius 3 is 2.26 bits per heavy atom. The number of carbonyl (C=O) groups is 4. The van der Waals surface area contributed by atoms with Gasteiger partial charge in [-0.1, -0.05) is 13.8 Å². The lowest BCUT2D eigenvalue weighted by Crippen LogP contribution is -2.48. The summed E-state index contributed by atoms with van der Waals surface area (Å²) in [6.07, 6.45) is 0.771. The summed E-state index contributed by atoms with van der Waals surface area (Å²) < 4.78 is 15.4. The van der Waals surface area contributed by atoms with Gasteiger partial charge in [0.05, 0.1) is 6.61 Å². The summed E-state index contributed by atoms with van der Waals surface area (Å²) in [5.41, 5.74) is 0.188. The number of hydrogen-bond donors (Lipinski definition) is 1. The van der Waals surface area contributed by atoms with E-state index in [9.17, 15) is 24.3 Å². The summed E-state index contributed by atoms with van der Waals surface area (Å²) in [6.45, 7) is 6.93. The van der Waals surface area contributed by atoms with E-state index in [0.29, 0.717) is 0 Å². The van der Waals surface area contributed by atoms with Crippen LogP contribution in [0.4, 0.5) is 0 Å². The topological polar surface area (TPSA) is 116 Å². The van der Waals surface area contributed by atoms with Gasteiger partial charge >= 0.3 is 17.9 Å². The van der Waals surface area contributed by atoms with E-state index in [-0.39, 0.29) is 23.7 Å². The quantitative estimate of drug-likeness (QED) is 0.395. The van der Waals surface area contributed by atoms with Gasteiger partial charge in [-0.15, -0.1) is 0 Å². The van der Waals surface area contributed by atoms with Crippen LogP contribution in [0.25, 0.3) is 0 Å². The molecule has 0 unspecified atom stereocenters. The number of ketones is 1. The van der Waals surface area contributed by atoms with Gasteiger partial charge in [0.25, 0.3) is 0 Å². The number of carbonyl (C=O) groups excluding carboxylic acids is 4. The second-order valence-electron chi connectivity index (χ2n) is 6.63. The Kier molecular flexibility index (Phi) is 8.36. The zero-order valence-corrected chi connectivity index (χ0v) is 16.2. The number of esters is 3. The largest absolute Gasteiger partial charge is 0.462 e. The first kappa shape index (κ1) is 22.6. The van der Waals surface area contributed by atoms with Gasteiger partial charge in [0.2, 0.25) is 5.78 Å². The van der Waals surface area contributed by atoms with Gasteiger partial charge < -0.3 is 19.3 Å². The maximum Gasteiger partial charge on any atom is 0.334 e.